The Morgan fingerprint density at radius 3 is 2.82 bits per heavy atom. The fourth-order valence-electron chi connectivity index (χ4n) is 3.48. The van der Waals surface area contributed by atoms with E-state index in [-0.39, 0.29) is 28.9 Å². The van der Waals surface area contributed by atoms with Gasteiger partial charge in [-0.1, -0.05) is 17.7 Å². The van der Waals surface area contributed by atoms with Crippen LogP contribution in [0.2, 0.25) is 5.02 Å². The molecule has 0 bridgehead atoms. The van der Waals surface area contributed by atoms with E-state index in [2.05, 4.69) is 4.57 Å². The average Bonchev–Trinajstić information content (AvgIpc) is 3.26. The lowest BCUT2D eigenvalue weighted by molar-refractivity contribution is -0.141. The predicted molar refractivity (Wildman–Crippen MR) is 103 cm³/mol. The molecule has 1 atom stereocenters. The molecule has 1 saturated heterocycles. The molecule has 0 unspecified atom stereocenters. The zero-order valence-corrected chi connectivity index (χ0v) is 16.7. The van der Waals surface area contributed by atoms with Crippen molar-refractivity contribution in [3.05, 3.63) is 57.6 Å². The third-order valence-corrected chi connectivity index (χ3v) is 5.39. The minimum atomic E-state index is -0.700. The smallest absolute Gasteiger partial charge is 0.310 e. The molecule has 3 rings (SSSR count). The van der Waals surface area contributed by atoms with Gasteiger partial charge < -0.3 is 14.0 Å². The molecular formula is C21H23ClFNO4. The van der Waals surface area contributed by atoms with Crippen LogP contribution in [0.15, 0.2) is 24.3 Å². The lowest BCUT2D eigenvalue weighted by Crippen LogP contribution is -2.19. The Morgan fingerprint density at radius 2 is 2.14 bits per heavy atom. The van der Waals surface area contributed by atoms with Crippen LogP contribution < -0.4 is 0 Å². The van der Waals surface area contributed by atoms with Gasteiger partial charge in [0.2, 0.25) is 5.78 Å². The molecule has 2 aromatic rings. The van der Waals surface area contributed by atoms with Crippen LogP contribution >= 0.6 is 11.6 Å². The first-order valence-corrected chi connectivity index (χ1v) is 9.64. The summed E-state index contributed by atoms with van der Waals surface area (Å²) < 4.78 is 26.6. The minimum Gasteiger partial charge on any atom is -0.457 e. The number of ketones is 1. The second kappa shape index (κ2) is 8.88. The average molecular weight is 408 g/mol. The van der Waals surface area contributed by atoms with Gasteiger partial charge >= 0.3 is 5.97 Å². The zero-order chi connectivity index (χ0) is 20.3. The van der Waals surface area contributed by atoms with Gasteiger partial charge in [0.25, 0.3) is 0 Å². The number of hydrogen-bond donors (Lipinski definition) is 0. The summed E-state index contributed by atoms with van der Waals surface area (Å²) in [6.45, 7) is 4.89. The molecule has 7 heteroatoms. The number of esters is 1. The molecule has 0 N–H and O–H groups in total. The molecule has 0 aliphatic carbocycles. The topological polar surface area (TPSA) is 57.5 Å². The van der Waals surface area contributed by atoms with Crippen LogP contribution in [0.3, 0.4) is 0 Å². The van der Waals surface area contributed by atoms with Crippen molar-refractivity contribution in [1.82, 2.24) is 4.57 Å². The van der Waals surface area contributed by atoms with Crippen LogP contribution in [0.5, 0.6) is 0 Å². The Bertz CT molecular complexity index is 867. The fourth-order valence-corrected chi connectivity index (χ4v) is 3.71. The summed E-state index contributed by atoms with van der Waals surface area (Å²) in [6, 6.07) is 5.99. The molecule has 1 fully saturated rings. The highest BCUT2D eigenvalue weighted by Gasteiger charge is 2.22. The van der Waals surface area contributed by atoms with E-state index in [0.717, 1.165) is 30.8 Å². The SMILES string of the molecule is Cc1cc(C(=O)COC(=O)Cc2c(F)cccc2Cl)c(C)n1C[C@@H]1CCCO1. The molecule has 1 aliphatic rings. The lowest BCUT2D eigenvalue weighted by atomic mass is 10.1. The molecule has 0 spiro atoms. The highest BCUT2D eigenvalue weighted by atomic mass is 35.5. The van der Waals surface area contributed by atoms with Crippen molar-refractivity contribution in [2.45, 2.75) is 45.8 Å². The fraction of sp³-hybridized carbons (Fsp3) is 0.429. The third kappa shape index (κ3) is 4.62. The van der Waals surface area contributed by atoms with E-state index in [4.69, 9.17) is 21.1 Å². The molecule has 1 aliphatic heterocycles. The van der Waals surface area contributed by atoms with Gasteiger partial charge in [-0.2, -0.15) is 0 Å². The van der Waals surface area contributed by atoms with Crippen molar-refractivity contribution in [2.24, 2.45) is 0 Å². The van der Waals surface area contributed by atoms with Crippen LogP contribution in [0, 0.1) is 19.7 Å². The van der Waals surface area contributed by atoms with E-state index in [0.29, 0.717) is 12.1 Å². The van der Waals surface area contributed by atoms with Crippen molar-refractivity contribution >= 4 is 23.4 Å². The number of ether oxygens (including phenoxy) is 2. The summed E-state index contributed by atoms with van der Waals surface area (Å²) in [6.07, 6.45) is 1.90. The van der Waals surface area contributed by atoms with Crippen LogP contribution in [0.25, 0.3) is 0 Å². The van der Waals surface area contributed by atoms with E-state index in [9.17, 15) is 14.0 Å². The molecule has 1 aromatic heterocycles. The molecule has 2 heterocycles. The number of aromatic nitrogens is 1. The molecular weight excluding hydrogens is 385 g/mol. The maximum atomic E-state index is 13.8. The van der Waals surface area contributed by atoms with E-state index in [1.807, 2.05) is 13.8 Å². The number of benzene rings is 1. The molecule has 150 valence electrons. The first kappa shape index (κ1) is 20.6. The third-order valence-electron chi connectivity index (χ3n) is 5.03. The monoisotopic (exact) mass is 407 g/mol. The number of Topliss-reactive ketones (excluding diaryl/α,β-unsaturated/α-hetero) is 1. The highest BCUT2D eigenvalue weighted by molar-refractivity contribution is 6.31. The Hall–Kier alpha value is -2.18. The van der Waals surface area contributed by atoms with Crippen molar-refractivity contribution in [3.8, 4) is 0 Å². The van der Waals surface area contributed by atoms with Crippen molar-refractivity contribution in [1.29, 1.82) is 0 Å². The Kier molecular flexibility index (Phi) is 6.52. The Labute approximate surface area is 168 Å². The summed E-state index contributed by atoms with van der Waals surface area (Å²) in [7, 11) is 0. The molecule has 1 aromatic carbocycles. The van der Waals surface area contributed by atoms with Crippen LogP contribution in [0.4, 0.5) is 4.39 Å². The summed E-state index contributed by atoms with van der Waals surface area (Å²) in [5.74, 6) is -1.57. The predicted octanol–water partition coefficient (Wildman–Crippen LogP) is 4.05. The number of halogens is 2. The number of nitrogens with zero attached hydrogens (tertiary/aromatic N) is 1. The molecule has 0 amide bonds. The highest BCUT2D eigenvalue weighted by Crippen LogP contribution is 2.22. The first-order chi connectivity index (χ1) is 13.4. The molecule has 0 saturated carbocycles. The molecule has 28 heavy (non-hydrogen) atoms. The number of hydrogen-bond acceptors (Lipinski definition) is 4. The van der Waals surface area contributed by atoms with Gasteiger partial charge in [0.1, 0.15) is 5.82 Å². The van der Waals surface area contributed by atoms with Crippen LogP contribution in [-0.4, -0.2) is 35.6 Å². The summed E-state index contributed by atoms with van der Waals surface area (Å²) in [4.78, 5) is 24.6. The number of aryl methyl sites for hydroxylation is 1. The standard InChI is InChI=1S/C21H23ClFNO4/c1-13-9-16(14(2)24(13)11-15-5-4-8-27-15)20(25)12-28-21(26)10-17-18(22)6-3-7-19(17)23/h3,6-7,9,15H,4-5,8,10-12H2,1-2H3/t15-/m0/s1. The van der Waals surface area contributed by atoms with Crippen molar-refractivity contribution in [3.63, 3.8) is 0 Å². The first-order valence-electron chi connectivity index (χ1n) is 9.27. The van der Waals surface area contributed by atoms with E-state index >= 15 is 0 Å². The summed E-state index contributed by atoms with van der Waals surface area (Å²) >= 11 is 5.92. The zero-order valence-electron chi connectivity index (χ0n) is 16.0. The van der Waals surface area contributed by atoms with Gasteiger partial charge in [0, 0.05) is 40.7 Å². The summed E-state index contributed by atoms with van der Waals surface area (Å²) in [5.41, 5.74) is 2.37. The Balaban J connectivity index is 1.61. The minimum absolute atomic E-state index is 0.0661. The number of carbonyl (C=O) groups excluding carboxylic acids is 2. The van der Waals surface area contributed by atoms with Crippen LogP contribution in [0.1, 0.15) is 40.2 Å². The van der Waals surface area contributed by atoms with E-state index < -0.39 is 18.4 Å². The second-order valence-corrected chi connectivity index (χ2v) is 7.40. The van der Waals surface area contributed by atoms with Gasteiger partial charge in [-0.15, -0.1) is 0 Å². The van der Waals surface area contributed by atoms with Gasteiger partial charge in [-0.3, -0.25) is 9.59 Å². The van der Waals surface area contributed by atoms with Crippen molar-refractivity contribution < 1.29 is 23.5 Å². The van der Waals surface area contributed by atoms with E-state index in [1.165, 1.54) is 18.2 Å². The van der Waals surface area contributed by atoms with Gasteiger partial charge in [-0.25, -0.2) is 4.39 Å². The molecule has 0 radical (unpaired) electrons. The maximum absolute atomic E-state index is 13.8. The van der Waals surface area contributed by atoms with Gasteiger partial charge in [0.05, 0.1) is 12.5 Å². The quantitative estimate of drug-likeness (QED) is 0.513. The Morgan fingerprint density at radius 1 is 1.36 bits per heavy atom. The van der Waals surface area contributed by atoms with Gasteiger partial charge in [0.15, 0.2) is 6.61 Å². The largest absolute Gasteiger partial charge is 0.457 e. The summed E-state index contributed by atoms with van der Waals surface area (Å²) in [5, 5.41) is 0.154. The second-order valence-electron chi connectivity index (χ2n) is 6.99. The lowest BCUT2D eigenvalue weighted by Gasteiger charge is -2.14. The maximum Gasteiger partial charge on any atom is 0.310 e. The van der Waals surface area contributed by atoms with Crippen molar-refractivity contribution in [2.75, 3.05) is 13.2 Å². The number of rotatable bonds is 7. The number of carbonyl (C=O) groups is 2. The molecule has 5 nitrogen and oxygen atoms in total. The van der Waals surface area contributed by atoms with Crippen LogP contribution in [-0.2, 0) is 27.2 Å². The van der Waals surface area contributed by atoms with Gasteiger partial charge in [-0.05, 0) is 44.9 Å². The van der Waals surface area contributed by atoms with E-state index in [1.54, 1.807) is 6.07 Å². The normalized spacial score (nSPS) is 16.4.